The second-order valence-corrected chi connectivity index (χ2v) is 5.38. The average molecular weight is 320 g/mol. The third-order valence-corrected chi connectivity index (χ3v) is 3.89. The van der Waals surface area contributed by atoms with Gasteiger partial charge in [0, 0.05) is 19.2 Å². The maximum atomic E-state index is 12.5. The number of halogens is 1. The number of hydrogen-bond acceptors (Lipinski definition) is 3. The Kier molecular flexibility index (Phi) is 5.73. The van der Waals surface area contributed by atoms with Crippen LogP contribution in [0, 0.1) is 0 Å². The lowest BCUT2D eigenvalue weighted by Crippen LogP contribution is -2.43. The monoisotopic (exact) mass is 320 g/mol. The maximum Gasteiger partial charge on any atom is 0.254 e. The number of hydrogen-bond donors (Lipinski definition) is 1. The molecule has 0 saturated carbocycles. The summed E-state index contributed by atoms with van der Waals surface area (Å²) in [5.74, 6) is 0.273. The predicted octanol–water partition coefficient (Wildman–Crippen LogP) is 2.07. The molecule has 2 amide bonds. The highest BCUT2D eigenvalue weighted by Gasteiger charge is 2.25. The van der Waals surface area contributed by atoms with E-state index in [1.165, 1.54) is 4.90 Å². The van der Waals surface area contributed by atoms with Gasteiger partial charge in [0.2, 0.25) is 5.91 Å². The fraction of sp³-hybridized carbons (Fsp3) is 0.412. The summed E-state index contributed by atoms with van der Waals surface area (Å²) in [5, 5.41) is 2.52. The molecule has 0 spiro atoms. The maximum absolute atomic E-state index is 12.5. The van der Waals surface area contributed by atoms with Gasteiger partial charge in [-0.05, 0) is 42.2 Å². The standard InChI is InChI=1S/C17H21FN2O3/c1-3-12(9-18)11-23-14-4-5-15-13(8-14)6-7-20(17(15)22)10-16(21)19-2/h4-5,8-9H,3,6-7,10-11H2,1-2H3,(H,19,21). The second kappa shape index (κ2) is 7.76. The third-order valence-electron chi connectivity index (χ3n) is 3.89. The molecule has 1 aromatic carbocycles. The molecule has 1 N–H and O–H groups in total. The van der Waals surface area contributed by atoms with Gasteiger partial charge in [-0.2, -0.15) is 0 Å². The number of benzene rings is 1. The number of likely N-dealkylation sites (N-methyl/N-ethyl adjacent to an activating group) is 1. The van der Waals surface area contributed by atoms with E-state index < -0.39 is 0 Å². The highest BCUT2D eigenvalue weighted by Crippen LogP contribution is 2.24. The van der Waals surface area contributed by atoms with E-state index in [1.54, 1.807) is 19.2 Å². The molecule has 5 nitrogen and oxygen atoms in total. The quantitative estimate of drug-likeness (QED) is 0.873. The summed E-state index contributed by atoms with van der Waals surface area (Å²) >= 11 is 0. The van der Waals surface area contributed by atoms with Crippen molar-refractivity contribution in [1.82, 2.24) is 10.2 Å². The molecule has 23 heavy (non-hydrogen) atoms. The van der Waals surface area contributed by atoms with E-state index in [4.69, 9.17) is 4.74 Å². The number of carbonyl (C=O) groups excluding carboxylic acids is 2. The molecule has 2 rings (SSSR count). The van der Waals surface area contributed by atoms with Gasteiger partial charge in [-0.1, -0.05) is 6.92 Å². The Morgan fingerprint density at radius 2 is 2.26 bits per heavy atom. The molecule has 0 atom stereocenters. The first-order valence-corrected chi connectivity index (χ1v) is 7.62. The van der Waals surface area contributed by atoms with Crippen molar-refractivity contribution in [2.75, 3.05) is 26.7 Å². The van der Waals surface area contributed by atoms with Gasteiger partial charge >= 0.3 is 0 Å². The van der Waals surface area contributed by atoms with E-state index >= 15 is 0 Å². The zero-order valence-electron chi connectivity index (χ0n) is 13.4. The molecule has 0 saturated heterocycles. The van der Waals surface area contributed by atoms with Gasteiger partial charge in [0.05, 0.1) is 12.9 Å². The fourth-order valence-electron chi connectivity index (χ4n) is 2.39. The van der Waals surface area contributed by atoms with Gasteiger partial charge < -0.3 is 15.0 Å². The molecule has 1 heterocycles. The largest absolute Gasteiger partial charge is 0.489 e. The zero-order chi connectivity index (χ0) is 16.8. The van der Waals surface area contributed by atoms with Crippen molar-refractivity contribution in [3.05, 3.63) is 41.2 Å². The summed E-state index contributed by atoms with van der Waals surface area (Å²) in [7, 11) is 1.55. The number of ether oxygens (including phenoxy) is 1. The van der Waals surface area contributed by atoms with E-state index in [9.17, 15) is 14.0 Å². The van der Waals surface area contributed by atoms with Crippen molar-refractivity contribution < 1.29 is 18.7 Å². The number of nitrogens with one attached hydrogen (secondary N) is 1. The van der Waals surface area contributed by atoms with Crippen molar-refractivity contribution in [3.63, 3.8) is 0 Å². The Labute approximate surface area is 135 Å². The molecule has 1 aliphatic rings. The Balaban J connectivity index is 2.08. The van der Waals surface area contributed by atoms with Crippen molar-refractivity contribution in [1.29, 1.82) is 0 Å². The first kappa shape index (κ1) is 17.0. The summed E-state index contributed by atoms with van der Waals surface area (Å²) < 4.78 is 18.1. The van der Waals surface area contributed by atoms with E-state index in [0.29, 0.717) is 42.6 Å². The predicted molar refractivity (Wildman–Crippen MR) is 85.1 cm³/mol. The molecule has 0 unspecified atom stereocenters. The van der Waals surface area contributed by atoms with Crippen LogP contribution in [0.15, 0.2) is 30.1 Å². The van der Waals surface area contributed by atoms with Crippen molar-refractivity contribution in [2.24, 2.45) is 0 Å². The van der Waals surface area contributed by atoms with E-state index in [1.807, 2.05) is 13.0 Å². The Morgan fingerprint density at radius 1 is 1.48 bits per heavy atom. The summed E-state index contributed by atoms with van der Waals surface area (Å²) in [4.78, 5) is 25.4. The number of carbonyl (C=O) groups is 2. The van der Waals surface area contributed by atoms with Crippen LogP contribution in [-0.2, 0) is 11.2 Å². The lowest BCUT2D eigenvalue weighted by Gasteiger charge is -2.28. The number of nitrogens with zero attached hydrogens (tertiary/aromatic N) is 1. The summed E-state index contributed by atoms with van der Waals surface area (Å²) in [6, 6.07) is 5.22. The minimum Gasteiger partial charge on any atom is -0.489 e. The highest BCUT2D eigenvalue weighted by molar-refractivity contribution is 5.98. The smallest absolute Gasteiger partial charge is 0.254 e. The van der Waals surface area contributed by atoms with Crippen LogP contribution in [0.1, 0.15) is 29.3 Å². The first-order chi connectivity index (χ1) is 11.1. The second-order valence-electron chi connectivity index (χ2n) is 5.38. The van der Waals surface area contributed by atoms with Gasteiger partial charge in [-0.25, -0.2) is 4.39 Å². The van der Waals surface area contributed by atoms with Gasteiger partial charge in [0.25, 0.3) is 5.91 Å². The zero-order valence-corrected chi connectivity index (χ0v) is 13.4. The lowest BCUT2D eigenvalue weighted by atomic mass is 9.98. The van der Waals surface area contributed by atoms with E-state index in [0.717, 1.165) is 5.56 Å². The van der Waals surface area contributed by atoms with Gasteiger partial charge in [0.1, 0.15) is 12.4 Å². The summed E-state index contributed by atoms with van der Waals surface area (Å²) in [5.41, 5.74) is 2.06. The minimum absolute atomic E-state index is 0.0637. The molecule has 6 heteroatoms. The molecule has 0 aliphatic carbocycles. The molecule has 0 aromatic heterocycles. The molecule has 1 aromatic rings. The van der Waals surface area contributed by atoms with Crippen LogP contribution in [0.4, 0.5) is 4.39 Å². The van der Waals surface area contributed by atoms with Crippen LogP contribution in [-0.4, -0.2) is 43.5 Å². The molecule has 0 radical (unpaired) electrons. The van der Waals surface area contributed by atoms with Crippen LogP contribution < -0.4 is 10.1 Å². The van der Waals surface area contributed by atoms with Crippen LogP contribution in [0.5, 0.6) is 5.75 Å². The lowest BCUT2D eigenvalue weighted by molar-refractivity contribution is -0.121. The first-order valence-electron chi connectivity index (χ1n) is 7.62. The Bertz CT molecular complexity index is 628. The third kappa shape index (κ3) is 4.09. The van der Waals surface area contributed by atoms with Crippen molar-refractivity contribution in [3.8, 4) is 5.75 Å². The Hall–Kier alpha value is -2.37. The molecule has 1 aliphatic heterocycles. The molecule has 124 valence electrons. The van der Waals surface area contributed by atoms with Crippen LogP contribution in [0.25, 0.3) is 0 Å². The number of rotatable bonds is 6. The van der Waals surface area contributed by atoms with Gasteiger partial charge in [-0.15, -0.1) is 0 Å². The van der Waals surface area contributed by atoms with Crippen molar-refractivity contribution >= 4 is 11.8 Å². The van der Waals surface area contributed by atoms with E-state index in [-0.39, 0.29) is 25.0 Å². The normalized spacial score (nSPS) is 14.5. The minimum atomic E-state index is -0.188. The van der Waals surface area contributed by atoms with Crippen LogP contribution in [0.3, 0.4) is 0 Å². The van der Waals surface area contributed by atoms with Gasteiger partial charge in [0.15, 0.2) is 0 Å². The average Bonchev–Trinajstić information content (AvgIpc) is 2.58. The molecular formula is C17H21FN2O3. The molecule has 0 bridgehead atoms. The number of fused-ring (bicyclic) bond motifs is 1. The van der Waals surface area contributed by atoms with E-state index in [2.05, 4.69) is 5.32 Å². The fourth-order valence-corrected chi connectivity index (χ4v) is 2.39. The summed E-state index contributed by atoms with van der Waals surface area (Å²) in [6.07, 6.45) is 1.82. The van der Waals surface area contributed by atoms with Gasteiger partial charge in [-0.3, -0.25) is 9.59 Å². The summed E-state index contributed by atoms with van der Waals surface area (Å²) in [6.45, 7) is 2.62. The van der Waals surface area contributed by atoms with Crippen molar-refractivity contribution in [2.45, 2.75) is 19.8 Å². The number of amides is 2. The van der Waals surface area contributed by atoms with Crippen LogP contribution in [0.2, 0.25) is 0 Å². The molecule has 0 fully saturated rings. The SMILES string of the molecule is CCC(=CF)COc1ccc2c(c1)CCN(CC(=O)NC)C2=O. The highest BCUT2D eigenvalue weighted by atomic mass is 19.1. The topological polar surface area (TPSA) is 58.6 Å². The molecular weight excluding hydrogens is 299 g/mol. The Morgan fingerprint density at radius 3 is 2.91 bits per heavy atom. The van der Waals surface area contributed by atoms with Crippen LogP contribution >= 0.6 is 0 Å².